The van der Waals surface area contributed by atoms with Crippen LogP contribution in [0.15, 0.2) is 109 Å². The van der Waals surface area contributed by atoms with Gasteiger partial charge in [-0.15, -0.1) is 0 Å². The van der Waals surface area contributed by atoms with Gasteiger partial charge in [-0.1, -0.05) is 84.9 Å². The molecule has 4 aromatic carbocycles. The van der Waals surface area contributed by atoms with Gasteiger partial charge in [0.05, 0.1) is 0 Å². The zero-order chi connectivity index (χ0) is 19.8. The van der Waals surface area contributed by atoms with Gasteiger partial charge in [0.25, 0.3) is 0 Å². The van der Waals surface area contributed by atoms with E-state index in [1.807, 2.05) is 97.1 Å². The molecule has 29 heavy (non-hydrogen) atoms. The molecular formula is C27H18O2. The molecule has 0 amide bonds. The molecule has 0 spiro atoms. The third kappa shape index (κ3) is 2.95. The Bertz CT molecular complexity index is 1250. The third-order valence-electron chi connectivity index (χ3n) is 5.33. The van der Waals surface area contributed by atoms with Crippen molar-refractivity contribution >= 4 is 27.9 Å². The molecule has 138 valence electrons. The van der Waals surface area contributed by atoms with Gasteiger partial charge < -0.3 is 5.11 Å². The van der Waals surface area contributed by atoms with Crippen LogP contribution < -0.4 is 0 Å². The normalized spacial score (nSPS) is 13.2. The summed E-state index contributed by atoms with van der Waals surface area (Å²) in [5, 5.41) is 12.8. The Labute approximate surface area is 169 Å². The van der Waals surface area contributed by atoms with Crippen molar-refractivity contribution in [3.05, 3.63) is 131 Å². The lowest BCUT2D eigenvalue weighted by atomic mass is 9.83. The van der Waals surface area contributed by atoms with Crippen LogP contribution in [0.1, 0.15) is 27.0 Å². The lowest BCUT2D eigenvalue weighted by Crippen LogP contribution is -2.13. The van der Waals surface area contributed by atoms with Crippen LogP contribution in [0, 0.1) is 0 Å². The van der Waals surface area contributed by atoms with Gasteiger partial charge in [-0.2, -0.15) is 0 Å². The summed E-state index contributed by atoms with van der Waals surface area (Å²) >= 11 is 0. The predicted molar refractivity (Wildman–Crippen MR) is 118 cm³/mol. The highest BCUT2D eigenvalue weighted by Gasteiger charge is 2.27. The molecule has 0 bridgehead atoms. The average molecular weight is 374 g/mol. The van der Waals surface area contributed by atoms with E-state index in [1.165, 1.54) is 0 Å². The van der Waals surface area contributed by atoms with Crippen LogP contribution in [0.2, 0.25) is 0 Å². The van der Waals surface area contributed by atoms with Gasteiger partial charge in [-0.3, -0.25) is 4.79 Å². The molecule has 2 heteroatoms. The topological polar surface area (TPSA) is 37.3 Å². The fourth-order valence-electron chi connectivity index (χ4n) is 3.94. The van der Waals surface area contributed by atoms with Crippen molar-refractivity contribution in [3.8, 4) is 0 Å². The number of hydrogen-bond acceptors (Lipinski definition) is 2. The lowest BCUT2D eigenvalue weighted by Gasteiger charge is -2.20. The molecule has 0 unspecified atom stereocenters. The first-order valence-electron chi connectivity index (χ1n) is 9.56. The summed E-state index contributed by atoms with van der Waals surface area (Å²) in [5.41, 5.74) is 4.32. The summed E-state index contributed by atoms with van der Waals surface area (Å²) in [7, 11) is 0. The van der Waals surface area contributed by atoms with Gasteiger partial charge in [0.2, 0.25) is 0 Å². The van der Waals surface area contributed by atoms with Gasteiger partial charge in [0.1, 0.15) is 5.76 Å². The van der Waals surface area contributed by atoms with Crippen LogP contribution in [-0.2, 0) is 0 Å². The fraction of sp³-hybridized carbons (Fsp3) is 0. The molecule has 0 saturated carbocycles. The number of rotatable bonds is 2. The van der Waals surface area contributed by atoms with E-state index in [2.05, 4.69) is 0 Å². The van der Waals surface area contributed by atoms with E-state index in [1.54, 1.807) is 6.08 Å². The maximum Gasteiger partial charge on any atom is 0.194 e. The van der Waals surface area contributed by atoms with Crippen LogP contribution in [0.25, 0.3) is 22.1 Å². The van der Waals surface area contributed by atoms with Crippen LogP contribution in [0.4, 0.5) is 0 Å². The Morgan fingerprint density at radius 1 is 0.621 bits per heavy atom. The molecule has 5 rings (SSSR count). The number of aliphatic hydroxyl groups is 1. The molecule has 0 radical (unpaired) electrons. The first-order chi connectivity index (χ1) is 14.2. The van der Waals surface area contributed by atoms with Crippen LogP contribution in [0.5, 0.6) is 0 Å². The van der Waals surface area contributed by atoms with E-state index in [4.69, 9.17) is 0 Å². The minimum absolute atomic E-state index is 0.0775. The van der Waals surface area contributed by atoms with E-state index in [9.17, 15) is 9.90 Å². The summed E-state index contributed by atoms with van der Waals surface area (Å²) in [6.07, 6.45) is 1.61. The van der Waals surface area contributed by atoms with Gasteiger partial charge >= 0.3 is 0 Å². The van der Waals surface area contributed by atoms with Gasteiger partial charge in [-0.05, 0) is 40.1 Å². The molecule has 0 saturated heterocycles. The number of carbonyl (C=O) groups is 1. The lowest BCUT2D eigenvalue weighted by molar-refractivity contribution is 0.103. The molecule has 0 fully saturated rings. The van der Waals surface area contributed by atoms with Gasteiger partial charge in [0, 0.05) is 22.3 Å². The zero-order valence-corrected chi connectivity index (χ0v) is 15.7. The van der Waals surface area contributed by atoms with Crippen molar-refractivity contribution in [2.75, 3.05) is 0 Å². The Morgan fingerprint density at radius 3 is 1.66 bits per heavy atom. The van der Waals surface area contributed by atoms with Crippen molar-refractivity contribution in [1.29, 1.82) is 0 Å². The second-order valence-electron chi connectivity index (χ2n) is 7.12. The Kier molecular flexibility index (Phi) is 4.10. The molecule has 2 nitrogen and oxygen atoms in total. The van der Waals surface area contributed by atoms with Crippen LogP contribution in [-0.4, -0.2) is 10.9 Å². The van der Waals surface area contributed by atoms with Crippen molar-refractivity contribution in [3.63, 3.8) is 0 Å². The molecule has 4 aromatic rings. The quantitative estimate of drug-likeness (QED) is 0.410. The summed E-state index contributed by atoms with van der Waals surface area (Å²) in [6, 6.07) is 31.3. The molecule has 0 aromatic heterocycles. The smallest absolute Gasteiger partial charge is 0.194 e. The van der Waals surface area contributed by atoms with Crippen molar-refractivity contribution in [2.45, 2.75) is 0 Å². The molecule has 0 atom stereocenters. The van der Waals surface area contributed by atoms with Crippen LogP contribution >= 0.6 is 0 Å². The van der Waals surface area contributed by atoms with E-state index >= 15 is 0 Å². The van der Waals surface area contributed by atoms with Crippen molar-refractivity contribution in [2.24, 2.45) is 0 Å². The first-order valence-corrected chi connectivity index (χ1v) is 9.56. The molecule has 1 aliphatic carbocycles. The minimum Gasteiger partial charge on any atom is -0.507 e. The first kappa shape index (κ1) is 17.2. The Morgan fingerprint density at radius 2 is 1.10 bits per heavy atom. The maximum atomic E-state index is 13.6. The summed E-state index contributed by atoms with van der Waals surface area (Å²) in [6.45, 7) is 0. The number of carbonyl (C=O) groups excluding carboxylic acids is 1. The van der Waals surface area contributed by atoms with Crippen molar-refractivity contribution < 1.29 is 9.90 Å². The van der Waals surface area contributed by atoms with E-state index < -0.39 is 0 Å². The highest BCUT2D eigenvalue weighted by Crippen LogP contribution is 2.36. The monoisotopic (exact) mass is 374 g/mol. The van der Waals surface area contributed by atoms with Crippen LogP contribution in [0.3, 0.4) is 0 Å². The standard InChI is InChI=1S/C27H18O2/c28-25-17-24(26(18-9-3-1-4-10-18)19-11-5-2-6-12-19)27(29)23-16-21-14-8-7-13-20(21)15-22(23)25/h1-17,28H. The number of ketones is 1. The SMILES string of the molecule is O=C1C(=C(c2ccccc2)c2ccccc2)C=C(O)c2cc3ccccc3cc21. The number of benzene rings is 4. The summed E-state index contributed by atoms with van der Waals surface area (Å²) < 4.78 is 0. The van der Waals surface area contributed by atoms with Crippen molar-refractivity contribution in [1.82, 2.24) is 0 Å². The summed E-state index contributed by atoms with van der Waals surface area (Å²) in [5.74, 6) is 0.0379. The number of allylic oxidation sites excluding steroid dienone is 2. The Hall–Kier alpha value is -3.91. The molecule has 1 N–H and O–H groups in total. The van der Waals surface area contributed by atoms with E-state index in [0.717, 1.165) is 27.5 Å². The summed E-state index contributed by atoms with van der Waals surface area (Å²) in [4.78, 5) is 13.6. The third-order valence-corrected chi connectivity index (χ3v) is 5.33. The highest BCUT2D eigenvalue weighted by molar-refractivity contribution is 6.22. The minimum atomic E-state index is -0.0775. The Balaban J connectivity index is 1.81. The largest absolute Gasteiger partial charge is 0.507 e. The van der Waals surface area contributed by atoms with Gasteiger partial charge in [0.15, 0.2) is 5.78 Å². The molecule has 0 aliphatic heterocycles. The van der Waals surface area contributed by atoms with E-state index in [-0.39, 0.29) is 11.5 Å². The fourth-order valence-corrected chi connectivity index (χ4v) is 3.94. The maximum absolute atomic E-state index is 13.6. The number of fused-ring (bicyclic) bond motifs is 2. The zero-order valence-electron chi connectivity index (χ0n) is 15.7. The molecular weight excluding hydrogens is 356 g/mol. The number of aliphatic hydroxyl groups excluding tert-OH is 1. The molecule has 1 aliphatic rings. The number of Topliss-reactive ketones (excluding diaryl/α,β-unsaturated/α-hetero) is 1. The van der Waals surface area contributed by atoms with E-state index in [0.29, 0.717) is 16.7 Å². The second kappa shape index (κ2) is 6.92. The second-order valence-corrected chi connectivity index (χ2v) is 7.12. The molecule has 0 heterocycles. The number of hydrogen-bond donors (Lipinski definition) is 1. The average Bonchev–Trinajstić information content (AvgIpc) is 2.78. The predicted octanol–water partition coefficient (Wildman–Crippen LogP) is 6.44. The van der Waals surface area contributed by atoms with Gasteiger partial charge in [-0.25, -0.2) is 0 Å². The highest BCUT2D eigenvalue weighted by atomic mass is 16.3.